The first kappa shape index (κ1) is 20.1. The van der Waals surface area contributed by atoms with Gasteiger partial charge in [0, 0.05) is 18.3 Å². The van der Waals surface area contributed by atoms with Crippen molar-refractivity contribution in [2.24, 2.45) is 0 Å². The topological polar surface area (TPSA) is 62.1 Å². The third-order valence-corrected chi connectivity index (χ3v) is 7.85. The van der Waals surface area contributed by atoms with Gasteiger partial charge >= 0.3 is 0 Å². The van der Waals surface area contributed by atoms with Crippen molar-refractivity contribution in [1.82, 2.24) is 4.90 Å². The van der Waals surface area contributed by atoms with E-state index in [0.29, 0.717) is 19.5 Å². The van der Waals surface area contributed by atoms with E-state index in [2.05, 4.69) is 36.9 Å². The van der Waals surface area contributed by atoms with Crippen LogP contribution in [0.4, 0.5) is 5.69 Å². The maximum absolute atomic E-state index is 12.8. The average molecular weight is 395 g/mol. The van der Waals surface area contributed by atoms with E-state index in [9.17, 15) is 13.2 Å². The number of benzene rings is 1. The molecular formula is C20H32N3O3S+. The lowest BCUT2D eigenvalue weighted by Crippen LogP contribution is -3.16. The number of carbonyl (C=O) groups is 1. The van der Waals surface area contributed by atoms with E-state index in [-0.39, 0.29) is 23.5 Å². The zero-order chi connectivity index (χ0) is 19.6. The Labute approximate surface area is 163 Å². The number of rotatable bonds is 5. The smallest absolute Gasteiger partial charge is 0.278 e. The van der Waals surface area contributed by atoms with Gasteiger partial charge in [0.2, 0.25) is 0 Å². The van der Waals surface area contributed by atoms with Gasteiger partial charge in [0.25, 0.3) is 5.91 Å². The highest BCUT2D eigenvalue weighted by Crippen LogP contribution is 2.22. The number of hydrogen-bond acceptors (Lipinski definition) is 4. The molecule has 1 N–H and O–H groups in total. The molecule has 0 spiro atoms. The summed E-state index contributed by atoms with van der Waals surface area (Å²) in [5.41, 5.74) is 3.94. The first-order valence-corrected chi connectivity index (χ1v) is 11.8. The first-order chi connectivity index (χ1) is 12.8. The second-order valence-corrected chi connectivity index (χ2v) is 10.1. The van der Waals surface area contributed by atoms with E-state index in [1.165, 1.54) is 21.7 Å². The predicted octanol–water partition coefficient (Wildman–Crippen LogP) is 0.0439. The summed E-state index contributed by atoms with van der Waals surface area (Å²) in [4.78, 5) is 18.3. The summed E-state index contributed by atoms with van der Waals surface area (Å²) >= 11 is 0. The standard InChI is InChI=1S/C20H31N3O3S/c1-4-23(18-8-13-27(25,26)15-18)20(24)14-21-9-11-22(12-10-21)19-7-5-6-16(2)17(19)3/h5-7,18H,4,8-15H2,1-3H3/p+1/t18-/m0/s1. The second kappa shape index (κ2) is 8.19. The Morgan fingerprint density at radius 3 is 2.56 bits per heavy atom. The molecule has 150 valence electrons. The molecule has 27 heavy (non-hydrogen) atoms. The quantitative estimate of drug-likeness (QED) is 0.766. The molecule has 6 nitrogen and oxygen atoms in total. The number of likely N-dealkylation sites (N-methyl/N-ethyl adjacent to an activating group) is 1. The fourth-order valence-electron chi connectivity index (χ4n) is 4.29. The zero-order valence-corrected chi connectivity index (χ0v) is 17.5. The Morgan fingerprint density at radius 2 is 1.96 bits per heavy atom. The molecule has 0 aliphatic carbocycles. The van der Waals surface area contributed by atoms with Gasteiger partial charge in [-0.1, -0.05) is 12.1 Å². The highest BCUT2D eigenvalue weighted by Gasteiger charge is 2.35. The van der Waals surface area contributed by atoms with Gasteiger partial charge in [-0.2, -0.15) is 0 Å². The number of aryl methyl sites for hydroxylation is 1. The van der Waals surface area contributed by atoms with Gasteiger partial charge in [-0.05, 0) is 44.4 Å². The van der Waals surface area contributed by atoms with Crippen LogP contribution in [0, 0.1) is 13.8 Å². The van der Waals surface area contributed by atoms with Crippen LogP contribution in [-0.2, 0) is 14.6 Å². The summed E-state index contributed by atoms with van der Waals surface area (Å²) in [5.74, 6) is 0.431. The Balaban J connectivity index is 1.55. The molecule has 0 radical (unpaired) electrons. The fraction of sp³-hybridized carbons (Fsp3) is 0.650. The summed E-state index contributed by atoms with van der Waals surface area (Å²) in [5, 5.41) is 0. The number of carbonyl (C=O) groups excluding carboxylic acids is 1. The molecule has 0 saturated carbocycles. The summed E-state index contributed by atoms with van der Waals surface area (Å²) in [7, 11) is -2.97. The van der Waals surface area contributed by atoms with Gasteiger partial charge in [-0.3, -0.25) is 4.79 Å². The van der Waals surface area contributed by atoms with E-state index in [1.807, 2.05) is 6.92 Å². The number of amides is 1. The molecule has 2 saturated heterocycles. The number of sulfone groups is 1. The average Bonchev–Trinajstić information content (AvgIpc) is 2.98. The van der Waals surface area contributed by atoms with Gasteiger partial charge in [-0.15, -0.1) is 0 Å². The van der Waals surface area contributed by atoms with Gasteiger partial charge < -0.3 is 14.7 Å². The second-order valence-electron chi connectivity index (χ2n) is 7.87. The van der Waals surface area contributed by atoms with Crippen LogP contribution in [0.25, 0.3) is 0 Å². The largest absolute Gasteiger partial charge is 0.360 e. The Bertz CT molecular complexity index is 786. The van der Waals surface area contributed by atoms with Crippen LogP contribution in [0.2, 0.25) is 0 Å². The van der Waals surface area contributed by atoms with Crippen LogP contribution < -0.4 is 9.80 Å². The van der Waals surface area contributed by atoms with Gasteiger partial charge in [0.05, 0.1) is 37.7 Å². The van der Waals surface area contributed by atoms with E-state index < -0.39 is 9.84 Å². The zero-order valence-electron chi connectivity index (χ0n) is 16.7. The maximum atomic E-state index is 12.8. The van der Waals surface area contributed by atoms with E-state index in [0.717, 1.165) is 26.2 Å². The number of nitrogens with one attached hydrogen (secondary N) is 1. The number of hydrogen-bond donors (Lipinski definition) is 1. The van der Waals surface area contributed by atoms with Crippen molar-refractivity contribution in [3.63, 3.8) is 0 Å². The van der Waals surface area contributed by atoms with Gasteiger partial charge in [0.1, 0.15) is 0 Å². The molecule has 2 fully saturated rings. The van der Waals surface area contributed by atoms with Gasteiger partial charge in [-0.25, -0.2) is 8.42 Å². The van der Waals surface area contributed by atoms with E-state index >= 15 is 0 Å². The molecule has 1 aromatic carbocycles. The Kier molecular flexibility index (Phi) is 6.11. The van der Waals surface area contributed by atoms with Crippen LogP contribution in [-0.4, -0.2) is 76.0 Å². The lowest BCUT2D eigenvalue weighted by molar-refractivity contribution is -0.892. The molecule has 1 amide bonds. The molecule has 3 rings (SSSR count). The summed E-state index contributed by atoms with van der Waals surface area (Å²) in [6.45, 7) is 11.0. The number of anilines is 1. The van der Waals surface area contributed by atoms with Crippen LogP contribution in [0.5, 0.6) is 0 Å². The summed E-state index contributed by atoms with van der Waals surface area (Å²) in [6.07, 6.45) is 0.581. The molecule has 0 unspecified atom stereocenters. The molecule has 2 aliphatic heterocycles. The SMILES string of the molecule is CCN(C(=O)C[NH+]1CCN(c2cccc(C)c2C)CC1)[C@H]1CCS(=O)(=O)C1. The lowest BCUT2D eigenvalue weighted by atomic mass is 10.1. The molecule has 0 bridgehead atoms. The summed E-state index contributed by atoms with van der Waals surface area (Å²) in [6, 6.07) is 6.29. The summed E-state index contributed by atoms with van der Waals surface area (Å²) < 4.78 is 23.5. The minimum atomic E-state index is -2.97. The minimum Gasteiger partial charge on any atom is -0.360 e. The van der Waals surface area contributed by atoms with Crippen molar-refractivity contribution >= 4 is 21.4 Å². The molecule has 7 heteroatoms. The van der Waals surface area contributed by atoms with E-state index in [1.54, 1.807) is 4.90 Å². The van der Waals surface area contributed by atoms with Crippen LogP contribution >= 0.6 is 0 Å². The highest BCUT2D eigenvalue weighted by molar-refractivity contribution is 7.91. The minimum absolute atomic E-state index is 0.0924. The van der Waals surface area contributed by atoms with Crippen molar-refractivity contribution in [1.29, 1.82) is 0 Å². The molecule has 2 heterocycles. The predicted molar refractivity (Wildman–Crippen MR) is 108 cm³/mol. The molecule has 1 atom stereocenters. The third-order valence-electron chi connectivity index (χ3n) is 6.10. The van der Waals surface area contributed by atoms with Gasteiger partial charge in [0.15, 0.2) is 16.4 Å². The molecular weight excluding hydrogens is 362 g/mol. The lowest BCUT2D eigenvalue weighted by Gasteiger charge is -2.35. The van der Waals surface area contributed by atoms with Crippen molar-refractivity contribution in [3.8, 4) is 0 Å². The van der Waals surface area contributed by atoms with Crippen LogP contribution in [0.15, 0.2) is 18.2 Å². The number of piperazine rings is 1. The monoisotopic (exact) mass is 394 g/mol. The Hall–Kier alpha value is -1.60. The first-order valence-electron chi connectivity index (χ1n) is 9.95. The molecule has 1 aromatic rings. The number of nitrogens with zero attached hydrogens (tertiary/aromatic N) is 2. The van der Waals surface area contributed by atoms with Crippen molar-refractivity contribution in [2.45, 2.75) is 33.2 Å². The Morgan fingerprint density at radius 1 is 1.26 bits per heavy atom. The molecule has 0 aromatic heterocycles. The third kappa shape index (κ3) is 4.63. The fourth-order valence-corrected chi connectivity index (χ4v) is 6.02. The van der Waals surface area contributed by atoms with Crippen molar-refractivity contribution in [2.75, 3.05) is 55.7 Å². The van der Waals surface area contributed by atoms with Crippen molar-refractivity contribution in [3.05, 3.63) is 29.3 Å². The van der Waals surface area contributed by atoms with Crippen LogP contribution in [0.3, 0.4) is 0 Å². The maximum Gasteiger partial charge on any atom is 0.278 e. The van der Waals surface area contributed by atoms with E-state index in [4.69, 9.17) is 0 Å². The number of quaternary nitrogens is 1. The molecule has 2 aliphatic rings. The normalized spacial score (nSPS) is 22.8. The highest BCUT2D eigenvalue weighted by atomic mass is 32.2. The van der Waals surface area contributed by atoms with Crippen molar-refractivity contribution < 1.29 is 18.1 Å². The van der Waals surface area contributed by atoms with Crippen LogP contribution in [0.1, 0.15) is 24.5 Å².